The fourth-order valence-electron chi connectivity index (χ4n) is 0.287. The summed E-state index contributed by atoms with van der Waals surface area (Å²) in [6, 6.07) is 0. The summed E-state index contributed by atoms with van der Waals surface area (Å²) in [4.78, 5) is 3.72. The Kier molecular flexibility index (Phi) is 7.18. The van der Waals surface area contributed by atoms with Gasteiger partial charge in [-0.3, -0.25) is 0 Å². The standard InChI is InChI=1S/C4H5N2.2Co/c1-6-3-2-5-4-6;;/h2-4H,1H2;;/q-1;;. The average molecular weight is 199 g/mol. The Morgan fingerprint density at radius 3 is 2.12 bits per heavy atom. The number of aromatic nitrogens is 2. The number of nitrogens with zero attached hydrogens (tertiary/aromatic N) is 2. The molecule has 0 saturated heterocycles. The molecule has 0 unspecified atom stereocenters. The molecule has 50 valence electrons. The van der Waals surface area contributed by atoms with Gasteiger partial charge in [0.25, 0.3) is 0 Å². The minimum atomic E-state index is 0. The Bertz CT molecular complexity index is 116. The van der Waals surface area contributed by atoms with Crippen molar-refractivity contribution in [3.8, 4) is 0 Å². The summed E-state index contributed by atoms with van der Waals surface area (Å²) in [6.45, 7) is 0. The molecular weight excluding hydrogens is 194 g/mol. The molecule has 4 heteroatoms. The van der Waals surface area contributed by atoms with Gasteiger partial charge in [-0.2, -0.15) is 0 Å². The van der Waals surface area contributed by atoms with Crippen LogP contribution in [0.2, 0.25) is 0 Å². The SMILES string of the molecule is [CH2-]n1ccnc1.[Co].[Co]. The van der Waals surface area contributed by atoms with Crippen molar-refractivity contribution in [2.45, 2.75) is 0 Å². The topological polar surface area (TPSA) is 17.8 Å². The first-order chi connectivity index (χ1) is 2.89. The molecule has 1 rings (SSSR count). The third-order valence-corrected chi connectivity index (χ3v) is 0.559. The number of rotatable bonds is 0. The molecule has 0 fully saturated rings. The zero-order valence-corrected chi connectivity index (χ0v) is 6.08. The van der Waals surface area contributed by atoms with Crippen molar-refractivity contribution in [3.05, 3.63) is 25.8 Å². The fraction of sp³-hybridized carbons (Fsp3) is 0. The van der Waals surface area contributed by atoms with Crippen LogP contribution in [0, 0.1) is 7.05 Å². The fourth-order valence-corrected chi connectivity index (χ4v) is 0.287. The van der Waals surface area contributed by atoms with Crippen molar-refractivity contribution in [3.63, 3.8) is 0 Å². The largest absolute Gasteiger partial charge is 0.477 e. The van der Waals surface area contributed by atoms with E-state index >= 15 is 0 Å². The summed E-state index contributed by atoms with van der Waals surface area (Å²) in [5, 5.41) is 0. The molecule has 1 aromatic rings. The quantitative estimate of drug-likeness (QED) is 0.557. The summed E-state index contributed by atoms with van der Waals surface area (Å²) >= 11 is 0. The van der Waals surface area contributed by atoms with E-state index in [4.69, 9.17) is 0 Å². The average Bonchev–Trinajstić information content (AvgIpc) is 1.86. The minimum Gasteiger partial charge on any atom is -0.477 e. The Morgan fingerprint density at radius 2 is 2.00 bits per heavy atom. The van der Waals surface area contributed by atoms with Gasteiger partial charge in [-0.1, -0.05) is 6.20 Å². The van der Waals surface area contributed by atoms with Crippen LogP contribution in [0.15, 0.2) is 18.7 Å². The molecule has 0 bridgehead atoms. The summed E-state index contributed by atoms with van der Waals surface area (Å²) in [5.41, 5.74) is 0. The van der Waals surface area contributed by atoms with E-state index in [9.17, 15) is 0 Å². The Hall–Kier alpha value is 0.0930. The van der Waals surface area contributed by atoms with Gasteiger partial charge in [0.2, 0.25) is 0 Å². The van der Waals surface area contributed by atoms with Crippen LogP contribution >= 0.6 is 0 Å². The van der Waals surface area contributed by atoms with Crippen LogP contribution in [0.1, 0.15) is 0 Å². The van der Waals surface area contributed by atoms with E-state index in [1.807, 2.05) is 0 Å². The molecular formula is C4H5Co2N2-. The van der Waals surface area contributed by atoms with Crippen LogP contribution in [0.25, 0.3) is 0 Å². The van der Waals surface area contributed by atoms with Crippen LogP contribution in [0.5, 0.6) is 0 Å². The molecule has 1 heterocycles. The molecule has 0 aliphatic carbocycles. The van der Waals surface area contributed by atoms with Crippen molar-refractivity contribution in [2.75, 3.05) is 0 Å². The van der Waals surface area contributed by atoms with Gasteiger partial charge in [-0.15, -0.1) is 7.05 Å². The van der Waals surface area contributed by atoms with E-state index in [2.05, 4.69) is 12.0 Å². The van der Waals surface area contributed by atoms with Crippen molar-refractivity contribution >= 4 is 0 Å². The van der Waals surface area contributed by atoms with E-state index in [-0.39, 0.29) is 33.6 Å². The summed E-state index contributed by atoms with van der Waals surface area (Å²) < 4.78 is 1.64. The first kappa shape index (κ1) is 11.0. The normalized spacial score (nSPS) is 6.50. The zero-order valence-electron chi connectivity index (χ0n) is 4.00. The third-order valence-electron chi connectivity index (χ3n) is 0.559. The summed E-state index contributed by atoms with van der Waals surface area (Å²) in [7, 11) is 3.53. The van der Waals surface area contributed by atoms with Gasteiger partial charge in [0.05, 0.1) is 0 Å². The number of hydrogen-bond acceptors (Lipinski definition) is 1. The first-order valence-electron chi connectivity index (χ1n) is 1.68. The predicted octanol–water partition coefficient (Wildman–Crippen LogP) is 0.518. The number of hydrogen-bond donors (Lipinski definition) is 0. The predicted molar refractivity (Wildman–Crippen MR) is 23.0 cm³/mol. The Balaban J connectivity index is 0. The molecule has 2 radical (unpaired) electrons. The second-order valence-electron chi connectivity index (χ2n) is 1.08. The van der Waals surface area contributed by atoms with Gasteiger partial charge >= 0.3 is 0 Å². The Morgan fingerprint density at radius 1 is 1.38 bits per heavy atom. The first-order valence-corrected chi connectivity index (χ1v) is 1.68. The summed E-state index contributed by atoms with van der Waals surface area (Å²) in [5.74, 6) is 0. The maximum atomic E-state index is 3.72. The Labute approximate surface area is 69.1 Å². The molecule has 0 aromatic carbocycles. The van der Waals surface area contributed by atoms with Crippen LogP contribution < -0.4 is 0 Å². The van der Waals surface area contributed by atoms with Crippen LogP contribution in [0.3, 0.4) is 0 Å². The van der Waals surface area contributed by atoms with Gasteiger partial charge in [0, 0.05) is 33.6 Å². The molecule has 2 nitrogen and oxygen atoms in total. The van der Waals surface area contributed by atoms with E-state index in [0.717, 1.165) is 0 Å². The van der Waals surface area contributed by atoms with Gasteiger partial charge in [-0.05, 0) is 12.5 Å². The second-order valence-corrected chi connectivity index (χ2v) is 1.08. The molecule has 8 heavy (non-hydrogen) atoms. The van der Waals surface area contributed by atoms with Crippen molar-refractivity contribution < 1.29 is 33.6 Å². The second kappa shape index (κ2) is 5.23. The minimum absolute atomic E-state index is 0. The van der Waals surface area contributed by atoms with Crippen molar-refractivity contribution in [1.29, 1.82) is 0 Å². The maximum Gasteiger partial charge on any atom is 0 e. The van der Waals surface area contributed by atoms with Gasteiger partial charge in [0.15, 0.2) is 0 Å². The van der Waals surface area contributed by atoms with E-state index in [1.165, 1.54) is 0 Å². The van der Waals surface area contributed by atoms with Gasteiger partial charge in [0.1, 0.15) is 0 Å². The van der Waals surface area contributed by atoms with Crippen LogP contribution in [-0.2, 0) is 33.6 Å². The van der Waals surface area contributed by atoms with Gasteiger partial charge < -0.3 is 9.55 Å². The molecule has 0 saturated carbocycles. The zero-order chi connectivity index (χ0) is 4.41. The van der Waals surface area contributed by atoms with Crippen LogP contribution in [0.4, 0.5) is 0 Å². The molecule has 0 aliphatic heterocycles. The van der Waals surface area contributed by atoms with Crippen molar-refractivity contribution in [2.24, 2.45) is 0 Å². The third kappa shape index (κ3) is 3.14. The molecule has 0 N–H and O–H groups in total. The number of imidazole rings is 1. The molecule has 0 aliphatic rings. The van der Waals surface area contributed by atoms with E-state index in [1.54, 1.807) is 23.3 Å². The molecule has 0 amide bonds. The van der Waals surface area contributed by atoms with E-state index in [0.29, 0.717) is 0 Å². The summed E-state index contributed by atoms with van der Waals surface area (Å²) in [6.07, 6.45) is 5.10. The van der Waals surface area contributed by atoms with E-state index < -0.39 is 0 Å². The molecule has 0 atom stereocenters. The van der Waals surface area contributed by atoms with Gasteiger partial charge in [-0.25, -0.2) is 0 Å². The molecule has 1 aromatic heterocycles. The monoisotopic (exact) mass is 199 g/mol. The smallest absolute Gasteiger partial charge is 0 e. The van der Waals surface area contributed by atoms with Crippen molar-refractivity contribution in [1.82, 2.24) is 9.55 Å². The molecule has 0 spiro atoms. The maximum absolute atomic E-state index is 3.72. The van der Waals surface area contributed by atoms with Crippen LogP contribution in [-0.4, -0.2) is 9.55 Å².